The maximum absolute atomic E-state index is 12.3. The summed E-state index contributed by atoms with van der Waals surface area (Å²) in [6.07, 6.45) is 2.26. The van der Waals surface area contributed by atoms with Gasteiger partial charge in [-0.3, -0.25) is 4.79 Å². The predicted molar refractivity (Wildman–Crippen MR) is 97.9 cm³/mol. The Morgan fingerprint density at radius 2 is 2.04 bits per heavy atom. The van der Waals surface area contributed by atoms with Crippen LogP contribution in [-0.2, 0) is 6.54 Å². The maximum atomic E-state index is 12.3. The first-order valence-electron chi connectivity index (χ1n) is 8.52. The number of hydrogen-bond acceptors (Lipinski definition) is 7. The van der Waals surface area contributed by atoms with Crippen molar-refractivity contribution in [2.45, 2.75) is 19.4 Å². The van der Waals surface area contributed by atoms with Crippen molar-refractivity contribution in [1.29, 1.82) is 5.26 Å². The Balaban J connectivity index is 1.76. The van der Waals surface area contributed by atoms with Gasteiger partial charge in [0.1, 0.15) is 0 Å². The summed E-state index contributed by atoms with van der Waals surface area (Å²) in [6.45, 7) is 2.06. The molecular weight excluding hydrogens is 330 g/mol. The highest BCUT2D eigenvalue weighted by Crippen LogP contribution is 2.18. The van der Waals surface area contributed by atoms with Crippen LogP contribution in [0, 0.1) is 11.3 Å². The molecule has 1 amide bonds. The van der Waals surface area contributed by atoms with E-state index in [0.717, 1.165) is 25.9 Å². The lowest BCUT2D eigenvalue weighted by Gasteiger charge is -2.19. The highest BCUT2D eigenvalue weighted by molar-refractivity contribution is 5.94. The summed E-state index contributed by atoms with van der Waals surface area (Å²) in [7, 11) is 3.75. The third-order valence-corrected chi connectivity index (χ3v) is 4.11. The molecule has 0 saturated carbocycles. The molecule has 0 bridgehead atoms. The molecule has 1 saturated heterocycles. The Kier molecular flexibility index (Phi) is 5.27. The van der Waals surface area contributed by atoms with Crippen molar-refractivity contribution in [3.8, 4) is 6.07 Å². The maximum Gasteiger partial charge on any atom is 0.251 e. The molecular formula is C18H21N7O. The van der Waals surface area contributed by atoms with Crippen molar-refractivity contribution in [2.24, 2.45) is 0 Å². The third-order valence-electron chi connectivity index (χ3n) is 4.11. The van der Waals surface area contributed by atoms with Crippen LogP contribution in [0.25, 0.3) is 0 Å². The smallest absolute Gasteiger partial charge is 0.251 e. The van der Waals surface area contributed by atoms with Crippen LogP contribution >= 0.6 is 0 Å². The number of rotatable bonds is 5. The summed E-state index contributed by atoms with van der Waals surface area (Å²) in [5, 5.41) is 11.8. The zero-order valence-corrected chi connectivity index (χ0v) is 14.9. The van der Waals surface area contributed by atoms with E-state index in [9.17, 15) is 4.79 Å². The molecule has 1 aromatic carbocycles. The molecule has 0 atom stereocenters. The molecule has 1 aliphatic rings. The van der Waals surface area contributed by atoms with Crippen molar-refractivity contribution in [3.63, 3.8) is 0 Å². The van der Waals surface area contributed by atoms with Crippen molar-refractivity contribution < 1.29 is 4.79 Å². The fourth-order valence-electron chi connectivity index (χ4n) is 2.72. The van der Waals surface area contributed by atoms with Gasteiger partial charge in [-0.15, -0.1) is 0 Å². The highest BCUT2D eigenvalue weighted by atomic mass is 16.1. The largest absolute Gasteiger partial charge is 0.347 e. The van der Waals surface area contributed by atoms with E-state index in [2.05, 4.69) is 25.2 Å². The van der Waals surface area contributed by atoms with Gasteiger partial charge in [0.15, 0.2) is 5.82 Å². The molecule has 1 N–H and O–H groups in total. The second-order valence-electron chi connectivity index (χ2n) is 6.32. The zero-order valence-electron chi connectivity index (χ0n) is 14.9. The quantitative estimate of drug-likeness (QED) is 0.868. The monoisotopic (exact) mass is 351 g/mol. The molecule has 1 fully saturated rings. The first-order valence-corrected chi connectivity index (χ1v) is 8.52. The summed E-state index contributed by atoms with van der Waals surface area (Å²) in [6, 6.07) is 8.61. The number of anilines is 2. The van der Waals surface area contributed by atoms with E-state index in [4.69, 9.17) is 5.26 Å². The van der Waals surface area contributed by atoms with E-state index < -0.39 is 0 Å². The van der Waals surface area contributed by atoms with Gasteiger partial charge in [-0.2, -0.15) is 20.2 Å². The number of nitrogens with zero attached hydrogens (tertiary/aromatic N) is 6. The Hall–Kier alpha value is -3.21. The lowest BCUT2D eigenvalue weighted by Crippen LogP contribution is -2.27. The van der Waals surface area contributed by atoms with Crippen LogP contribution in [0.3, 0.4) is 0 Å². The zero-order chi connectivity index (χ0) is 18.5. The number of amides is 1. The van der Waals surface area contributed by atoms with Gasteiger partial charge in [-0.05, 0) is 31.0 Å². The van der Waals surface area contributed by atoms with Crippen LogP contribution in [0.15, 0.2) is 24.3 Å². The van der Waals surface area contributed by atoms with Crippen LogP contribution < -0.4 is 15.1 Å². The van der Waals surface area contributed by atoms with Crippen LogP contribution in [0.1, 0.15) is 34.6 Å². The van der Waals surface area contributed by atoms with Gasteiger partial charge in [0.25, 0.3) is 5.91 Å². The van der Waals surface area contributed by atoms with E-state index in [1.54, 1.807) is 24.3 Å². The molecule has 8 nitrogen and oxygen atoms in total. The normalized spacial score (nSPS) is 13.3. The molecule has 26 heavy (non-hydrogen) atoms. The summed E-state index contributed by atoms with van der Waals surface area (Å²) >= 11 is 0. The molecule has 0 radical (unpaired) electrons. The first kappa shape index (κ1) is 17.6. The second kappa shape index (κ2) is 7.78. The minimum Gasteiger partial charge on any atom is -0.347 e. The van der Waals surface area contributed by atoms with Crippen LogP contribution in [-0.4, -0.2) is 48.0 Å². The van der Waals surface area contributed by atoms with E-state index in [1.165, 1.54) is 0 Å². The van der Waals surface area contributed by atoms with Crippen molar-refractivity contribution >= 4 is 17.8 Å². The van der Waals surface area contributed by atoms with Gasteiger partial charge in [0.05, 0.1) is 18.2 Å². The minimum atomic E-state index is -0.267. The van der Waals surface area contributed by atoms with Gasteiger partial charge in [-0.25, -0.2) is 0 Å². The van der Waals surface area contributed by atoms with Crippen LogP contribution in [0.4, 0.5) is 11.9 Å². The van der Waals surface area contributed by atoms with Gasteiger partial charge >= 0.3 is 0 Å². The standard InChI is InChI=1S/C18H21N7O/c1-24(2)17-21-15(22-18(23-17)25-8-3-4-9-25)12-20-16(26)14-7-5-6-13(10-14)11-19/h5-7,10H,3-4,8-9,12H2,1-2H3,(H,20,26). The number of nitriles is 1. The van der Waals surface area contributed by atoms with Crippen molar-refractivity contribution in [3.05, 3.63) is 41.2 Å². The molecule has 1 aliphatic heterocycles. The van der Waals surface area contributed by atoms with Gasteiger partial charge < -0.3 is 15.1 Å². The topological polar surface area (TPSA) is 98.0 Å². The van der Waals surface area contributed by atoms with Crippen LogP contribution in [0.5, 0.6) is 0 Å². The van der Waals surface area contributed by atoms with Gasteiger partial charge in [0.2, 0.25) is 11.9 Å². The number of hydrogen-bond donors (Lipinski definition) is 1. The fraction of sp³-hybridized carbons (Fsp3) is 0.389. The average molecular weight is 351 g/mol. The van der Waals surface area contributed by atoms with E-state index in [0.29, 0.717) is 28.8 Å². The molecule has 2 heterocycles. The number of carbonyl (C=O) groups excluding carboxylic acids is 1. The summed E-state index contributed by atoms with van der Waals surface area (Å²) in [5.41, 5.74) is 0.884. The van der Waals surface area contributed by atoms with Gasteiger partial charge in [-0.1, -0.05) is 6.07 Å². The van der Waals surface area contributed by atoms with Crippen molar-refractivity contribution in [1.82, 2.24) is 20.3 Å². The van der Waals surface area contributed by atoms with Gasteiger partial charge in [0, 0.05) is 32.7 Å². The Morgan fingerprint density at radius 3 is 2.73 bits per heavy atom. The van der Waals surface area contributed by atoms with E-state index >= 15 is 0 Å². The Morgan fingerprint density at radius 1 is 1.27 bits per heavy atom. The molecule has 134 valence electrons. The predicted octanol–water partition coefficient (Wildman–Crippen LogP) is 1.34. The van der Waals surface area contributed by atoms with Crippen molar-refractivity contribution in [2.75, 3.05) is 37.0 Å². The SMILES string of the molecule is CN(C)c1nc(CNC(=O)c2cccc(C#N)c2)nc(N2CCCC2)n1. The highest BCUT2D eigenvalue weighted by Gasteiger charge is 2.18. The number of aromatic nitrogens is 3. The summed E-state index contributed by atoms with van der Waals surface area (Å²) in [4.78, 5) is 29.7. The van der Waals surface area contributed by atoms with E-state index in [-0.39, 0.29) is 12.5 Å². The fourth-order valence-corrected chi connectivity index (χ4v) is 2.72. The molecule has 3 rings (SSSR count). The third kappa shape index (κ3) is 4.06. The molecule has 0 spiro atoms. The summed E-state index contributed by atoms with van der Waals surface area (Å²) in [5.74, 6) is 1.46. The number of carbonyl (C=O) groups is 1. The lowest BCUT2D eigenvalue weighted by atomic mass is 10.1. The Labute approximate surface area is 152 Å². The number of benzene rings is 1. The molecule has 8 heteroatoms. The first-order chi connectivity index (χ1) is 12.6. The molecule has 1 aromatic heterocycles. The molecule has 0 unspecified atom stereocenters. The van der Waals surface area contributed by atoms with E-state index in [1.807, 2.05) is 25.1 Å². The Bertz CT molecular complexity index is 838. The average Bonchev–Trinajstić information content (AvgIpc) is 3.20. The van der Waals surface area contributed by atoms with Crippen LogP contribution in [0.2, 0.25) is 0 Å². The summed E-state index contributed by atoms with van der Waals surface area (Å²) < 4.78 is 0. The lowest BCUT2D eigenvalue weighted by molar-refractivity contribution is 0.0950. The second-order valence-corrected chi connectivity index (χ2v) is 6.32. The number of nitrogens with one attached hydrogen (secondary N) is 1. The molecule has 2 aromatic rings. The molecule has 0 aliphatic carbocycles. The minimum absolute atomic E-state index is 0.194.